The van der Waals surface area contributed by atoms with Gasteiger partial charge in [0.25, 0.3) is 0 Å². The standard InChI is InChI=1S/C31H48OSi/c1-24(2)12-9-13-25(3)14-10-15-26(4)16-11-20-31(8)21-19-27-22-29(18-17-28(27)23-31)32-33-30(5,6)7/h12,14,16-18,22H,9-11,13,15,19-21,23H2,1-8H3/b25-14+,26-16+. The number of hydrogen-bond donors (Lipinski definition) is 0. The number of aryl methyl sites for hydroxylation is 1. The first-order chi connectivity index (χ1) is 15.5. The Labute approximate surface area is 207 Å². The summed E-state index contributed by atoms with van der Waals surface area (Å²) < 4.78 is 6.07. The summed E-state index contributed by atoms with van der Waals surface area (Å²) in [6.07, 6.45) is 18.2. The normalized spacial score (nSPS) is 19.3. The van der Waals surface area contributed by atoms with E-state index in [9.17, 15) is 0 Å². The van der Waals surface area contributed by atoms with Crippen molar-refractivity contribution in [2.45, 2.75) is 118 Å². The second kappa shape index (κ2) is 12.8. The number of benzene rings is 1. The number of hydrogen-bond acceptors (Lipinski definition) is 1. The van der Waals surface area contributed by atoms with Gasteiger partial charge in [0.1, 0.15) is 5.75 Å². The fourth-order valence-corrected chi connectivity index (χ4v) is 5.04. The molecule has 0 aromatic heterocycles. The average molecular weight is 465 g/mol. The van der Waals surface area contributed by atoms with E-state index in [0.717, 1.165) is 5.75 Å². The van der Waals surface area contributed by atoms with Crippen molar-refractivity contribution in [1.82, 2.24) is 0 Å². The molecule has 33 heavy (non-hydrogen) atoms. The Bertz CT molecular complexity index is 848. The largest absolute Gasteiger partial charge is 0.540 e. The minimum Gasteiger partial charge on any atom is -0.540 e. The highest BCUT2D eigenvalue weighted by Gasteiger charge is 2.29. The molecule has 1 aromatic rings. The predicted octanol–water partition coefficient (Wildman–Crippen LogP) is 9.60. The Balaban J connectivity index is 1.79. The van der Waals surface area contributed by atoms with Crippen LogP contribution in [-0.4, -0.2) is 9.76 Å². The summed E-state index contributed by atoms with van der Waals surface area (Å²) in [5.41, 5.74) is 7.95. The third kappa shape index (κ3) is 11.0. The van der Waals surface area contributed by atoms with E-state index in [1.807, 2.05) is 0 Å². The van der Waals surface area contributed by atoms with Crippen molar-refractivity contribution in [2.24, 2.45) is 5.41 Å². The van der Waals surface area contributed by atoms with Crippen molar-refractivity contribution in [2.75, 3.05) is 0 Å². The van der Waals surface area contributed by atoms with Crippen molar-refractivity contribution in [1.29, 1.82) is 0 Å². The van der Waals surface area contributed by atoms with Gasteiger partial charge in [-0.25, -0.2) is 0 Å². The lowest BCUT2D eigenvalue weighted by atomic mass is 9.70. The van der Waals surface area contributed by atoms with E-state index >= 15 is 0 Å². The highest BCUT2D eigenvalue weighted by atomic mass is 28.2. The molecule has 0 N–H and O–H groups in total. The van der Waals surface area contributed by atoms with Crippen LogP contribution in [0.1, 0.15) is 111 Å². The molecule has 0 aliphatic heterocycles. The van der Waals surface area contributed by atoms with Gasteiger partial charge in [-0.2, -0.15) is 0 Å². The highest BCUT2D eigenvalue weighted by molar-refractivity contribution is 6.32. The van der Waals surface area contributed by atoms with Gasteiger partial charge in [-0.3, -0.25) is 0 Å². The molecule has 0 saturated heterocycles. The van der Waals surface area contributed by atoms with Gasteiger partial charge in [-0.15, -0.1) is 0 Å². The fourth-order valence-electron chi connectivity index (χ4n) is 4.49. The first-order valence-electron chi connectivity index (χ1n) is 13.0. The first-order valence-corrected chi connectivity index (χ1v) is 13.9. The van der Waals surface area contributed by atoms with Crippen molar-refractivity contribution in [3.05, 3.63) is 64.3 Å². The molecule has 2 rings (SSSR count). The molecule has 2 radical (unpaired) electrons. The lowest BCUT2D eigenvalue weighted by Gasteiger charge is -2.35. The Morgan fingerprint density at radius 1 is 0.939 bits per heavy atom. The lowest BCUT2D eigenvalue weighted by Crippen LogP contribution is -2.25. The van der Waals surface area contributed by atoms with E-state index in [1.54, 1.807) is 5.57 Å². The van der Waals surface area contributed by atoms with Crippen LogP contribution in [0.3, 0.4) is 0 Å². The molecule has 1 unspecified atom stereocenters. The fraction of sp³-hybridized carbons (Fsp3) is 0.613. The van der Waals surface area contributed by atoms with E-state index in [2.05, 4.69) is 91.8 Å². The number of allylic oxidation sites excluding steroid dienone is 6. The Hall–Kier alpha value is -1.54. The van der Waals surface area contributed by atoms with Gasteiger partial charge in [-0.05, 0) is 119 Å². The number of fused-ring (bicyclic) bond motifs is 1. The summed E-state index contributed by atoms with van der Waals surface area (Å²) in [4.78, 5) is 0. The quantitative estimate of drug-likeness (QED) is 0.234. The summed E-state index contributed by atoms with van der Waals surface area (Å²) >= 11 is 0. The molecule has 0 amide bonds. The van der Waals surface area contributed by atoms with Crippen molar-refractivity contribution >= 4 is 9.76 Å². The van der Waals surface area contributed by atoms with Gasteiger partial charge in [0.2, 0.25) is 0 Å². The highest BCUT2D eigenvalue weighted by Crippen LogP contribution is 2.40. The van der Waals surface area contributed by atoms with Crippen LogP contribution in [0.25, 0.3) is 0 Å². The zero-order valence-corrected chi connectivity index (χ0v) is 23.7. The molecule has 1 aromatic carbocycles. The van der Waals surface area contributed by atoms with Crippen LogP contribution in [0, 0.1) is 5.41 Å². The average Bonchev–Trinajstić information content (AvgIpc) is 2.71. The number of rotatable bonds is 11. The van der Waals surface area contributed by atoms with Crippen molar-refractivity contribution in [3.8, 4) is 5.75 Å². The zero-order chi connectivity index (χ0) is 24.5. The topological polar surface area (TPSA) is 9.23 Å². The van der Waals surface area contributed by atoms with Crippen LogP contribution in [0.4, 0.5) is 0 Å². The summed E-state index contributed by atoms with van der Waals surface area (Å²) in [7, 11) is 0.503. The molecule has 1 aliphatic carbocycles. The van der Waals surface area contributed by atoms with Gasteiger partial charge >= 0.3 is 9.76 Å². The van der Waals surface area contributed by atoms with E-state index in [-0.39, 0.29) is 5.04 Å². The van der Waals surface area contributed by atoms with Crippen LogP contribution in [0.15, 0.2) is 53.1 Å². The monoisotopic (exact) mass is 464 g/mol. The Morgan fingerprint density at radius 2 is 1.58 bits per heavy atom. The Kier molecular flexibility index (Phi) is 10.7. The molecule has 1 atom stereocenters. The molecule has 0 fully saturated rings. The van der Waals surface area contributed by atoms with Crippen LogP contribution < -0.4 is 4.43 Å². The lowest BCUT2D eigenvalue weighted by molar-refractivity contribution is 0.257. The first kappa shape index (κ1) is 27.7. The maximum absolute atomic E-state index is 6.07. The molecule has 1 aliphatic rings. The van der Waals surface area contributed by atoms with Crippen molar-refractivity contribution in [3.63, 3.8) is 0 Å². The molecular weight excluding hydrogens is 416 g/mol. The van der Waals surface area contributed by atoms with E-state index in [1.165, 1.54) is 80.1 Å². The summed E-state index contributed by atoms with van der Waals surface area (Å²) in [6.45, 7) is 18.1. The van der Waals surface area contributed by atoms with Gasteiger partial charge in [0.05, 0.1) is 0 Å². The molecule has 1 nitrogen and oxygen atoms in total. The minimum atomic E-state index is 0.223. The van der Waals surface area contributed by atoms with E-state index in [0.29, 0.717) is 15.2 Å². The summed E-state index contributed by atoms with van der Waals surface area (Å²) in [6, 6.07) is 6.80. The second-order valence-electron chi connectivity index (χ2n) is 11.9. The summed E-state index contributed by atoms with van der Waals surface area (Å²) in [5.74, 6) is 1.05. The van der Waals surface area contributed by atoms with Crippen LogP contribution >= 0.6 is 0 Å². The second-order valence-corrected chi connectivity index (χ2v) is 13.8. The molecule has 2 heteroatoms. The van der Waals surface area contributed by atoms with Gasteiger partial charge in [0, 0.05) is 0 Å². The molecular formula is C31H48OSi. The SMILES string of the molecule is CC(C)=CCC/C(C)=C/CC/C(C)=C/CCC1(C)CCc2cc(O[Si]C(C)(C)C)ccc2C1. The van der Waals surface area contributed by atoms with Crippen molar-refractivity contribution < 1.29 is 4.43 Å². The Morgan fingerprint density at radius 3 is 2.21 bits per heavy atom. The minimum absolute atomic E-state index is 0.223. The third-order valence-electron chi connectivity index (χ3n) is 6.63. The maximum Gasteiger partial charge on any atom is 0.316 e. The van der Waals surface area contributed by atoms with Crippen LogP contribution in [0.2, 0.25) is 5.04 Å². The molecule has 0 bridgehead atoms. The zero-order valence-electron chi connectivity index (χ0n) is 22.7. The van der Waals surface area contributed by atoms with Gasteiger partial charge < -0.3 is 4.43 Å². The predicted molar refractivity (Wildman–Crippen MR) is 147 cm³/mol. The van der Waals surface area contributed by atoms with E-state index in [4.69, 9.17) is 4.43 Å². The molecule has 0 heterocycles. The molecule has 0 saturated carbocycles. The van der Waals surface area contributed by atoms with Gasteiger partial charge in [0.15, 0.2) is 0 Å². The third-order valence-corrected chi connectivity index (χ3v) is 7.58. The smallest absolute Gasteiger partial charge is 0.316 e. The summed E-state index contributed by atoms with van der Waals surface area (Å²) in [5, 5.41) is 0.223. The molecule has 0 spiro atoms. The maximum atomic E-state index is 6.07. The molecule has 182 valence electrons. The van der Waals surface area contributed by atoms with Crippen LogP contribution in [-0.2, 0) is 12.8 Å². The van der Waals surface area contributed by atoms with Crippen LogP contribution in [0.5, 0.6) is 5.75 Å². The van der Waals surface area contributed by atoms with E-state index < -0.39 is 0 Å². The van der Waals surface area contributed by atoms with Gasteiger partial charge in [-0.1, -0.05) is 68.7 Å².